The van der Waals surface area contributed by atoms with Crippen LogP contribution in [0.1, 0.15) is 36.0 Å². The minimum absolute atomic E-state index is 0.0656. The van der Waals surface area contributed by atoms with Crippen molar-refractivity contribution in [2.75, 3.05) is 13.6 Å². The number of fused-ring (bicyclic) bond motifs is 2. The average Bonchev–Trinajstić information content (AvgIpc) is 3.10. The van der Waals surface area contributed by atoms with Gasteiger partial charge in [-0.3, -0.25) is 9.59 Å². The Hall–Kier alpha value is -2.30. The predicted octanol–water partition coefficient (Wildman–Crippen LogP) is 2.20. The molecule has 24 heavy (non-hydrogen) atoms. The Labute approximate surface area is 141 Å². The van der Waals surface area contributed by atoms with Crippen molar-refractivity contribution >= 4 is 22.8 Å². The van der Waals surface area contributed by atoms with Gasteiger partial charge in [-0.05, 0) is 55.4 Å². The number of aryl methyl sites for hydroxylation is 2. The zero-order chi connectivity index (χ0) is 16.7. The van der Waals surface area contributed by atoms with Crippen LogP contribution in [0.3, 0.4) is 0 Å². The third kappa shape index (κ3) is 3.03. The third-order valence-corrected chi connectivity index (χ3v) is 4.96. The van der Waals surface area contributed by atoms with Crippen molar-refractivity contribution in [3.63, 3.8) is 0 Å². The number of likely N-dealkylation sites (N-methyl/N-ethyl adjacent to an activating group) is 1. The first-order valence-electron chi connectivity index (χ1n) is 8.65. The number of carbonyl (C=O) groups excluding carboxylic acids is 2. The molecule has 1 aromatic heterocycles. The molecule has 0 atom stereocenters. The Morgan fingerprint density at radius 2 is 2.00 bits per heavy atom. The lowest BCUT2D eigenvalue weighted by Crippen LogP contribution is -2.39. The monoisotopic (exact) mass is 326 g/mol. The van der Waals surface area contributed by atoms with Crippen molar-refractivity contribution in [2.45, 2.75) is 44.6 Å². The molecule has 0 aliphatic heterocycles. The summed E-state index contributed by atoms with van der Waals surface area (Å²) in [5, 5.41) is 3.93. The highest BCUT2D eigenvalue weighted by Gasteiger charge is 2.24. The molecule has 2 aromatic rings. The fourth-order valence-electron chi connectivity index (χ4n) is 3.39. The van der Waals surface area contributed by atoms with Gasteiger partial charge in [0, 0.05) is 24.0 Å². The van der Waals surface area contributed by atoms with Crippen molar-refractivity contribution in [3.8, 4) is 0 Å². The molecule has 0 spiro atoms. The van der Waals surface area contributed by atoms with Crippen molar-refractivity contribution in [1.82, 2.24) is 10.2 Å². The van der Waals surface area contributed by atoms with Crippen LogP contribution in [0, 0.1) is 0 Å². The van der Waals surface area contributed by atoms with Crippen LogP contribution in [0.25, 0.3) is 11.0 Å². The number of rotatable bonds is 5. The second-order valence-corrected chi connectivity index (χ2v) is 7.00. The number of hydrogen-bond acceptors (Lipinski definition) is 3. The molecule has 1 fully saturated rings. The summed E-state index contributed by atoms with van der Waals surface area (Å²) in [6, 6.07) is 4.60. The molecule has 2 amide bonds. The van der Waals surface area contributed by atoms with Crippen LogP contribution in [0.4, 0.5) is 0 Å². The Morgan fingerprint density at radius 3 is 2.75 bits per heavy atom. The predicted molar refractivity (Wildman–Crippen MR) is 90.7 cm³/mol. The van der Waals surface area contributed by atoms with Gasteiger partial charge in [-0.25, -0.2) is 0 Å². The maximum Gasteiger partial charge on any atom is 0.239 e. The topological polar surface area (TPSA) is 62.6 Å². The molecule has 0 bridgehead atoms. The van der Waals surface area contributed by atoms with E-state index in [9.17, 15) is 9.59 Å². The van der Waals surface area contributed by atoms with Gasteiger partial charge in [0.1, 0.15) is 5.58 Å². The fraction of sp³-hybridized carbons (Fsp3) is 0.474. The first-order valence-corrected chi connectivity index (χ1v) is 8.65. The van der Waals surface area contributed by atoms with Crippen molar-refractivity contribution in [1.29, 1.82) is 0 Å². The van der Waals surface area contributed by atoms with Gasteiger partial charge in [0.2, 0.25) is 11.8 Å². The number of hydrogen-bond donors (Lipinski definition) is 1. The first kappa shape index (κ1) is 15.2. The largest absolute Gasteiger partial charge is 0.464 e. The summed E-state index contributed by atoms with van der Waals surface area (Å²) in [4.78, 5) is 25.7. The lowest BCUT2D eigenvalue weighted by molar-refractivity contribution is -0.134. The minimum Gasteiger partial charge on any atom is -0.464 e. The quantitative estimate of drug-likeness (QED) is 0.916. The van der Waals surface area contributed by atoms with E-state index in [1.54, 1.807) is 13.3 Å². The number of amides is 2. The molecule has 126 valence electrons. The summed E-state index contributed by atoms with van der Waals surface area (Å²) in [5.41, 5.74) is 4.49. The molecule has 0 radical (unpaired) electrons. The number of benzene rings is 1. The average molecular weight is 326 g/mol. The van der Waals surface area contributed by atoms with Crippen LogP contribution >= 0.6 is 0 Å². The van der Waals surface area contributed by atoms with E-state index < -0.39 is 0 Å². The molecule has 5 heteroatoms. The summed E-state index contributed by atoms with van der Waals surface area (Å²) in [6.07, 6.45) is 7.44. The Bertz CT molecular complexity index is 804. The zero-order valence-electron chi connectivity index (χ0n) is 13.9. The highest BCUT2D eigenvalue weighted by atomic mass is 16.3. The van der Waals surface area contributed by atoms with E-state index in [0.29, 0.717) is 6.04 Å². The van der Waals surface area contributed by atoms with Crippen LogP contribution in [0.15, 0.2) is 22.8 Å². The van der Waals surface area contributed by atoms with Gasteiger partial charge in [-0.1, -0.05) is 0 Å². The molecule has 1 heterocycles. The Morgan fingerprint density at radius 1 is 1.25 bits per heavy atom. The summed E-state index contributed by atoms with van der Waals surface area (Å²) < 4.78 is 5.65. The van der Waals surface area contributed by atoms with Gasteiger partial charge < -0.3 is 14.6 Å². The van der Waals surface area contributed by atoms with Crippen LogP contribution in [-0.2, 0) is 28.9 Å². The fourth-order valence-corrected chi connectivity index (χ4v) is 3.39. The number of furan rings is 1. The minimum atomic E-state index is -0.0804. The molecule has 4 rings (SSSR count). The lowest BCUT2D eigenvalue weighted by atomic mass is 10.0. The van der Waals surface area contributed by atoms with Gasteiger partial charge >= 0.3 is 0 Å². The highest BCUT2D eigenvalue weighted by Crippen LogP contribution is 2.30. The summed E-state index contributed by atoms with van der Waals surface area (Å²) in [7, 11) is 1.68. The van der Waals surface area contributed by atoms with Crippen molar-refractivity contribution in [3.05, 3.63) is 35.1 Å². The van der Waals surface area contributed by atoms with Crippen LogP contribution < -0.4 is 5.32 Å². The molecular weight excluding hydrogens is 304 g/mol. The molecule has 2 aliphatic rings. The lowest BCUT2D eigenvalue weighted by Gasteiger charge is -2.16. The Kier molecular flexibility index (Phi) is 3.79. The van der Waals surface area contributed by atoms with E-state index in [0.717, 1.165) is 42.2 Å². The van der Waals surface area contributed by atoms with Crippen LogP contribution in [0.5, 0.6) is 0 Å². The van der Waals surface area contributed by atoms with E-state index in [-0.39, 0.29) is 24.8 Å². The normalized spacial score (nSPS) is 16.2. The molecule has 5 nitrogen and oxygen atoms in total. The summed E-state index contributed by atoms with van der Waals surface area (Å²) >= 11 is 0. The van der Waals surface area contributed by atoms with Gasteiger partial charge in [0.15, 0.2) is 0 Å². The van der Waals surface area contributed by atoms with Crippen LogP contribution in [0.2, 0.25) is 0 Å². The Balaban J connectivity index is 1.45. The molecular formula is C19H22N2O3. The zero-order valence-corrected chi connectivity index (χ0v) is 13.9. The number of nitrogens with zero attached hydrogens (tertiary/aromatic N) is 1. The maximum absolute atomic E-state index is 12.4. The van der Waals surface area contributed by atoms with Gasteiger partial charge in [-0.15, -0.1) is 0 Å². The second-order valence-electron chi connectivity index (χ2n) is 7.00. The van der Waals surface area contributed by atoms with Gasteiger partial charge in [0.05, 0.1) is 19.2 Å². The van der Waals surface area contributed by atoms with Crippen molar-refractivity contribution < 1.29 is 14.0 Å². The van der Waals surface area contributed by atoms with Crippen molar-refractivity contribution in [2.24, 2.45) is 0 Å². The first-order chi connectivity index (χ1) is 11.6. The van der Waals surface area contributed by atoms with E-state index >= 15 is 0 Å². The standard InChI is InChI=1S/C19H22N2O3/c1-21(10-18(22)20-15-5-6-15)19(23)9-14-11-24-17-8-13-4-2-3-12(13)7-16(14)17/h7-8,11,15H,2-6,9-10H2,1H3,(H,20,22). The molecule has 1 N–H and O–H groups in total. The molecule has 1 aromatic carbocycles. The van der Waals surface area contributed by atoms with E-state index in [1.165, 1.54) is 22.4 Å². The van der Waals surface area contributed by atoms with E-state index in [4.69, 9.17) is 4.42 Å². The number of carbonyl (C=O) groups is 2. The number of nitrogens with one attached hydrogen (secondary N) is 1. The summed E-state index contributed by atoms with van der Waals surface area (Å²) in [5.74, 6) is -0.146. The van der Waals surface area contributed by atoms with Crippen LogP contribution in [-0.4, -0.2) is 36.3 Å². The molecule has 0 unspecified atom stereocenters. The maximum atomic E-state index is 12.4. The molecule has 1 saturated carbocycles. The molecule has 0 saturated heterocycles. The van der Waals surface area contributed by atoms with E-state index in [2.05, 4.69) is 17.4 Å². The third-order valence-electron chi connectivity index (χ3n) is 4.96. The smallest absolute Gasteiger partial charge is 0.239 e. The summed E-state index contributed by atoms with van der Waals surface area (Å²) in [6.45, 7) is 0.112. The SMILES string of the molecule is CN(CC(=O)NC1CC1)C(=O)Cc1coc2cc3c(cc12)CCC3. The second kappa shape index (κ2) is 5.96. The van der Waals surface area contributed by atoms with Gasteiger partial charge in [0.25, 0.3) is 0 Å². The van der Waals surface area contributed by atoms with Gasteiger partial charge in [-0.2, -0.15) is 0 Å². The highest BCUT2D eigenvalue weighted by molar-refractivity contribution is 5.90. The molecule has 2 aliphatic carbocycles. The van der Waals surface area contributed by atoms with E-state index in [1.807, 2.05) is 0 Å².